The third-order valence-corrected chi connectivity index (χ3v) is 18.9. The molecule has 0 radical (unpaired) electrons. The Morgan fingerprint density at radius 2 is 0.500 bits per heavy atom. The number of aliphatic hydroxyl groups is 1. The van der Waals surface area contributed by atoms with Crippen LogP contribution in [0.3, 0.4) is 0 Å². The number of carbonyl (C=O) groups excluding carboxylic acids is 4. The molecule has 0 saturated carbocycles. The first-order chi connectivity index (χ1) is 52.7. The number of carbonyl (C=O) groups is 4. The SMILES string of the molecule is CC/C=C\C/C=C\C/C=C\C/C=C\C/C=C\C/C=C\CCC(=O)OCC(COP(=O)(O)OCC(O)COP(=O)(O)OCC(COC(=O)CCCCCCCC/C=C\C/C=C\C/C=C\CCCCC)OC(=O)CCCCCCC/C=C\C/C=C\C/C=C\CC)OC(=O)CCCCCCC/C=C\CCCCCCCC. The van der Waals surface area contributed by atoms with Crippen molar-refractivity contribution in [3.05, 3.63) is 158 Å². The number of aliphatic hydroxyl groups excluding tert-OH is 1. The molecule has 0 amide bonds. The summed E-state index contributed by atoms with van der Waals surface area (Å²) >= 11 is 0. The van der Waals surface area contributed by atoms with Crippen LogP contribution in [-0.2, 0) is 65.4 Å². The summed E-state index contributed by atoms with van der Waals surface area (Å²) in [4.78, 5) is 73.1. The number of rotatable bonds is 77. The zero-order valence-electron chi connectivity index (χ0n) is 67.5. The number of ether oxygens (including phenoxy) is 4. The molecule has 5 atom stereocenters. The van der Waals surface area contributed by atoms with E-state index in [1.54, 1.807) is 0 Å². The number of esters is 4. The standard InChI is InChI=1S/C89H148O17P2/c1-5-9-13-17-21-25-29-33-37-39-41-43-47-49-53-57-61-65-69-73-86(91)99-79-84(105-88(93)75-71-67-63-59-55-51-45-35-31-27-23-19-15-11-7-3)81-103-107(95,96)101-77-83(90)78-102-108(97,98)104-82-85(106-89(94)76-72-68-64-60-56-52-46-36-32-28-24-20-16-12-8-4)80-100-87(92)74-70-66-62-58-54-50-48-44-42-40-38-34-30-26-22-18-14-10-6-2/h9,12-13,16,21-22,24-26,28,33-38,41-46,49,53,61,65,83-85,90H,5-8,10-11,14-15,17-20,23,27,29-32,39-40,47-48,50-52,54-60,62-64,66-82H2,1-4H3,(H,95,96)(H,97,98)/b13-9-,16-12-,25-21-,26-22-,28-24-,37-33-,38-34-,43-41-,44-42-,45-35-,46-36-,53-49-,65-61-. The van der Waals surface area contributed by atoms with E-state index in [0.717, 1.165) is 180 Å². The minimum atomic E-state index is -5.01. The third kappa shape index (κ3) is 78.8. The van der Waals surface area contributed by atoms with Crippen molar-refractivity contribution in [3.8, 4) is 0 Å². The monoisotopic (exact) mass is 1550 g/mol. The summed E-state index contributed by atoms with van der Waals surface area (Å²) in [6, 6.07) is 0. The number of unbranched alkanes of at least 4 members (excludes halogenated alkanes) is 25. The molecule has 0 heterocycles. The average molecular weight is 1550 g/mol. The van der Waals surface area contributed by atoms with Crippen LogP contribution in [0.25, 0.3) is 0 Å². The van der Waals surface area contributed by atoms with Gasteiger partial charge in [-0.25, -0.2) is 9.13 Å². The van der Waals surface area contributed by atoms with Crippen LogP contribution in [0.15, 0.2) is 158 Å². The first-order valence-corrected chi connectivity index (χ1v) is 44.7. The van der Waals surface area contributed by atoms with E-state index in [9.17, 15) is 43.2 Å². The van der Waals surface area contributed by atoms with E-state index in [1.165, 1.54) is 57.8 Å². The van der Waals surface area contributed by atoms with Crippen molar-refractivity contribution >= 4 is 39.5 Å². The molecule has 0 aromatic rings. The first kappa shape index (κ1) is 103. The highest BCUT2D eigenvalue weighted by Crippen LogP contribution is 2.45. The minimum Gasteiger partial charge on any atom is -0.462 e. The summed E-state index contributed by atoms with van der Waals surface area (Å²) in [5.74, 6) is -2.32. The van der Waals surface area contributed by atoms with Crippen LogP contribution in [0.1, 0.15) is 323 Å². The fraction of sp³-hybridized carbons (Fsp3) is 0.663. The number of allylic oxidation sites excluding steroid dienone is 26. The minimum absolute atomic E-state index is 0.0303. The van der Waals surface area contributed by atoms with Crippen molar-refractivity contribution in [1.82, 2.24) is 0 Å². The summed E-state index contributed by atoms with van der Waals surface area (Å²) < 4.78 is 68.6. The van der Waals surface area contributed by atoms with Crippen molar-refractivity contribution < 1.29 is 80.2 Å². The molecule has 0 spiro atoms. The zero-order valence-corrected chi connectivity index (χ0v) is 69.3. The predicted octanol–water partition coefficient (Wildman–Crippen LogP) is 24.8. The Hall–Kier alpha value is -5.32. The third-order valence-electron chi connectivity index (χ3n) is 17.0. The topological polar surface area (TPSA) is 237 Å². The van der Waals surface area contributed by atoms with E-state index in [2.05, 4.69) is 167 Å². The van der Waals surface area contributed by atoms with Crippen LogP contribution < -0.4 is 0 Å². The molecule has 17 nitrogen and oxygen atoms in total. The summed E-state index contributed by atoms with van der Waals surface area (Å²) in [6.07, 6.45) is 93.7. The molecule has 3 N–H and O–H groups in total. The van der Waals surface area contributed by atoms with Crippen LogP contribution >= 0.6 is 15.6 Å². The number of phosphoric acid groups is 2. The Labute approximate surface area is 655 Å². The van der Waals surface area contributed by atoms with Crippen LogP contribution in [-0.4, -0.2) is 96.7 Å². The second kappa shape index (κ2) is 79.8. The highest BCUT2D eigenvalue weighted by atomic mass is 31.2. The van der Waals surface area contributed by atoms with Gasteiger partial charge in [-0.05, 0) is 161 Å². The van der Waals surface area contributed by atoms with Crippen LogP contribution in [0.5, 0.6) is 0 Å². The van der Waals surface area contributed by atoms with E-state index in [0.29, 0.717) is 32.1 Å². The predicted molar refractivity (Wildman–Crippen MR) is 445 cm³/mol. The Bertz CT molecular complexity index is 2660. The molecule has 616 valence electrons. The molecule has 0 aliphatic carbocycles. The van der Waals surface area contributed by atoms with Gasteiger partial charge in [0.25, 0.3) is 0 Å². The molecule has 0 fully saturated rings. The van der Waals surface area contributed by atoms with Gasteiger partial charge >= 0.3 is 39.5 Å². The lowest BCUT2D eigenvalue weighted by atomic mass is 10.1. The van der Waals surface area contributed by atoms with Gasteiger partial charge in [0.15, 0.2) is 12.2 Å². The van der Waals surface area contributed by atoms with E-state index >= 15 is 0 Å². The Morgan fingerprint density at radius 1 is 0.269 bits per heavy atom. The molecule has 0 bridgehead atoms. The number of hydrogen-bond acceptors (Lipinski definition) is 15. The fourth-order valence-corrected chi connectivity index (χ4v) is 12.3. The molecule has 0 aliphatic heterocycles. The van der Waals surface area contributed by atoms with Crippen molar-refractivity contribution in [2.24, 2.45) is 0 Å². The Kier molecular flexibility index (Phi) is 75.8. The van der Waals surface area contributed by atoms with Crippen molar-refractivity contribution in [2.75, 3.05) is 39.6 Å². The maximum absolute atomic E-state index is 13.1. The summed E-state index contributed by atoms with van der Waals surface area (Å²) in [5, 5.41) is 10.7. The van der Waals surface area contributed by atoms with Crippen LogP contribution in [0.4, 0.5) is 0 Å². The van der Waals surface area contributed by atoms with Crippen molar-refractivity contribution in [1.29, 1.82) is 0 Å². The number of phosphoric ester groups is 2. The quantitative estimate of drug-likeness (QED) is 0.0169. The van der Waals surface area contributed by atoms with E-state index in [4.69, 9.17) is 37.0 Å². The largest absolute Gasteiger partial charge is 0.472 e. The summed E-state index contributed by atoms with van der Waals surface area (Å²) in [7, 11) is -10.0. The van der Waals surface area contributed by atoms with E-state index in [1.807, 2.05) is 18.2 Å². The molecule has 108 heavy (non-hydrogen) atoms. The second-order valence-electron chi connectivity index (χ2n) is 27.3. The van der Waals surface area contributed by atoms with Gasteiger partial charge in [0, 0.05) is 25.7 Å². The lowest BCUT2D eigenvalue weighted by molar-refractivity contribution is -0.161. The molecule has 0 aromatic heterocycles. The molecular weight excluding hydrogens is 1400 g/mol. The van der Waals surface area contributed by atoms with Gasteiger partial charge in [-0.3, -0.25) is 37.3 Å². The maximum atomic E-state index is 13.1. The zero-order chi connectivity index (χ0) is 78.9. The molecular formula is C89H148O17P2. The van der Waals surface area contributed by atoms with Crippen LogP contribution in [0, 0.1) is 0 Å². The maximum Gasteiger partial charge on any atom is 0.472 e. The lowest BCUT2D eigenvalue weighted by Gasteiger charge is -2.21. The Morgan fingerprint density at radius 3 is 0.824 bits per heavy atom. The molecule has 0 rings (SSSR count). The number of hydrogen-bond donors (Lipinski definition) is 3. The van der Waals surface area contributed by atoms with Gasteiger partial charge in [-0.1, -0.05) is 295 Å². The smallest absolute Gasteiger partial charge is 0.462 e. The van der Waals surface area contributed by atoms with Gasteiger partial charge in [0.05, 0.1) is 26.4 Å². The highest BCUT2D eigenvalue weighted by molar-refractivity contribution is 7.47. The van der Waals surface area contributed by atoms with Gasteiger partial charge < -0.3 is 33.8 Å². The molecule has 0 aliphatic rings. The molecule has 0 aromatic carbocycles. The van der Waals surface area contributed by atoms with Gasteiger partial charge in [0.2, 0.25) is 0 Å². The van der Waals surface area contributed by atoms with Crippen molar-refractivity contribution in [2.45, 2.75) is 341 Å². The summed E-state index contributed by atoms with van der Waals surface area (Å²) in [6.45, 7) is 4.50. The van der Waals surface area contributed by atoms with E-state index < -0.39 is 97.5 Å². The fourth-order valence-electron chi connectivity index (χ4n) is 10.7. The highest BCUT2D eigenvalue weighted by Gasteiger charge is 2.30. The Balaban J connectivity index is 5.46. The average Bonchev–Trinajstić information content (AvgIpc) is 0.923. The first-order valence-electron chi connectivity index (χ1n) is 41.7. The lowest BCUT2D eigenvalue weighted by Crippen LogP contribution is -2.30. The van der Waals surface area contributed by atoms with Gasteiger partial charge in [0.1, 0.15) is 19.3 Å². The normalized spacial score (nSPS) is 14.6. The second-order valence-corrected chi connectivity index (χ2v) is 30.2. The molecule has 19 heteroatoms. The van der Waals surface area contributed by atoms with Crippen molar-refractivity contribution in [3.63, 3.8) is 0 Å². The van der Waals surface area contributed by atoms with Crippen LogP contribution in [0.2, 0.25) is 0 Å². The molecule has 5 unspecified atom stereocenters. The van der Waals surface area contributed by atoms with Gasteiger partial charge in [-0.2, -0.15) is 0 Å². The van der Waals surface area contributed by atoms with Gasteiger partial charge in [-0.15, -0.1) is 0 Å². The molecule has 0 saturated heterocycles. The summed E-state index contributed by atoms with van der Waals surface area (Å²) in [5.41, 5.74) is 0. The van der Waals surface area contributed by atoms with E-state index in [-0.39, 0.29) is 25.7 Å².